The Kier molecular flexibility index (Phi) is 5.94. The number of benzene rings is 2. The minimum atomic E-state index is -3.53. The van der Waals surface area contributed by atoms with Crippen molar-refractivity contribution in [3.05, 3.63) is 60.9 Å². The fourth-order valence-corrected chi connectivity index (χ4v) is 3.66. The van der Waals surface area contributed by atoms with Crippen LogP contribution < -0.4 is 15.4 Å². The molecule has 1 aromatic heterocycles. The Bertz CT molecular complexity index is 1030. The molecule has 2 aromatic carbocycles. The van der Waals surface area contributed by atoms with Crippen molar-refractivity contribution in [2.75, 3.05) is 23.9 Å². The molecular weight excluding hydrogens is 382 g/mol. The lowest BCUT2D eigenvalue weighted by Crippen LogP contribution is -2.18. The standard InChI is InChI=1S/C18H19N5O2S2/c1-19-27(24,25)14-8-9-16(26-2)15(10-14)23-18-11-17(20-12-21-18)22-13-6-4-3-5-7-13/h3-12,19H,1-2H3,(H2,20,21,22,23). The number of aromatic nitrogens is 2. The van der Waals surface area contributed by atoms with Crippen LogP contribution in [0.5, 0.6) is 0 Å². The number of rotatable bonds is 7. The lowest BCUT2D eigenvalue weighted by Gasteiger charge is -2.13. The van der Waals surface area contributed by atoms with Gasteiger partial charge >= 0.3 is 0 Å². The third-order valence-corrected chi connectivity index (χ3v) is 5.93. The first-order valence-corrected chi connectivity index (χ1v) is 10.8. The summed E-state index contributed by atoms with van der Waals surface area (Å²) in [4.78, 5) is 9.53. The van der Waals surface area contributed by atoms with E-state index in [4.69, 9.17) is 0 Å². The molecule has 0 bridgehead atoms. The average molecular weight is 402 g/mol. The summed E-state index contributed by atoms with van der Waals surface area (Å²) in [5.74, 6) is 1.18. The van der Waals surface area contributed by atoms with Gasteiger partial charge in [0.2, 0.25) is 10.0 Å². The molecule has 0 saturated heterocycles. The van der Waals surface area contributed by atoms with E-state index in [9.17, 15) is 8.42 Å². The number of anilines is 4. The zero-order chi connectivity index (χ0) is 19.3. The van der Waals surface area contributed by atoms with Gasteiger partial charge in [0.05, 0.1) is 10.6 Å². The van der Waals surface area contributed by atoms with Crippen LogP contribution in [-0.4, -0.2) is 31.7 Å². The highest BCUT2D eigenvalue weighted by atomic mass is 32.2. The van der Waals surface area contributed by atoms with Crippen molar-refractivity contribution < 1.29 is 8.42 Å². The first-order valence-electron chi connectivity index (χ1n) is 8.04. The molecular formula is C18H19N5O2S2. The molecule has 0 unspecified atom stereocenters. The SMILES string of the molecule is CNS(=O)(=O)c1ccc(SC)c(Nc2cc(Nc3ccccc3)ncn2)c1. The van der Waals surface area contributed by atoms with E-state index in [1.165, 1.54) is 25.1 Å². The maximum absolute atomic E-state index is 12.1. The molecule has 1 heterocycles. The summed E-state index contributed by atoms with van der Waals surface area (Å²) in [7, 11) is -2.15. The maximum atomic E-state index is 12.1. The van der Waals surface area contributed by atoms with Gasteiger partial charge in [-0.15, -0.1) is 11.8 Å². The highest BCUT2D eigenvalue weighted by Gasteiger charge is 2.14. The minimum Gasteiger partial charge on any atom is -0.340 e. The molecule has 7 nitrogen and oxygen atoms in total. The van der Waals surface area contributed by atoms with E-state index in [0.717, 1.165) is 10.6 Å². The fourth-order valence-electron chi connectivity index (χ4n) is 2.37. The lowest BCUT2D eigenvalue weighted by atomic mass is 10.3. The second-order valence-electron chi connectivity index (χ2n) is 5.47. The topological polar surface area (TPSA) is 96.0 Å². The zero-order valence-electron chi connectivity index (χ0n) is 14.8. The van der Waals surface area contributed by atoms with Crippen LogP contribution in [0.15, 0.2) is 70.7 Å². The molecule has 0 radical (unpaired) electrons. The van der Waals surface area contributed by atoms with Crippen LogP contribution in [0.25, 0.3) is 0 Å². The normalized spacial score (nSPS) is 11.2. The quantitative estimate of drug-likeness (QED) is 0.521. The summed E-state index contributed by atoms with van der Waals surface area (Å²) in [6.45, 7) is 0. The van der Waals surface area contributed by atoms with Crippen molar-refractivity contribution in [2.24, 2.45) is 0 Å². The van der Waals surface area contributed by atoms with Gasteiger partial charge in [-0.3, -0.25) is 0 Å². The van der Waals surface area contributed by atoms with Gasteiger partial charge in [0.1, 0.15) is 18.0 Å². The van der Waals surface area contributed by atoms with Gasteiger partial charge in [-0.05, 0) is 43.6 Å². The largest absolute Gasteiger partial charge is 0.340 e. The molecule has 0 amide bonds. The molecule has 9 heteroatoms. The second kappa shape index (κ2) is 8.38. The van der Waals surface area contributed by atoms with E-state index in [1.807, 2.05) is 36.6 Å². The predicted molar refractivity (Wildman–Crippen MR) is 110 cm³/mol. The molecule has 3 rings (SSSR count). The van der Waals surface area contributed by atoms with E-state index >= 15 is 0 Å². The third-order valence-electron chi connectivity index (χ3n) is 3.73. The average Bonchev–Trinajstić information content (AvgIpc) is 2.69. The van der Waals surface area contributed by atoms with Gasteiger partial charge in [0.15, 0.2) is 0 Å². The molecule has 0 atom stereocenters. The summed E-state index contributed by atoms with van der Waals surface area (Å²) in [6.07, 6.45) is 3.37. The molecule has 27 heavy (non-hydrogen) atoms. The third kappa shape index (κ3) is 4.76. The molecule has 140 valence electrons. The Labute approximate surface area is 162 Å². The van der Waals surface area contributed by atoms with Gasteiger partial charge in [0.25, 0.3) is 0 Å². The van der Waals surface area contributed by atoms with Crippen LogP contribution in [0.3, 0.4) is 0 Å². The van der Waals surface area contributed by atoms with E-state index in [1.54, 1.807) is 24.3 Å². The first kappa shape index (κ1) is 19.2. The molecule has 0 aliphatic carbocycles. The van der Waals surface area contributed by atoms with Crippen LogP contribution in [0.4, 0.5) is 23.0 Å². The van der Waals surface area contributed by atoms with Gasteiger partial charge in [-0.1, -0.05) is 18.2 Å². The number of thioether (sulfide) groups is 1. The molecule has 0 aliphatic heterocycles. The molecule has 3 N–H and O–H groups in total. The first-order chi connectivity index (χ1) is 13.0. The Balaban J connectivity index is 1.88. The van der Waals surface area contributed by atoms with Crippen LogP contribution >= 0.6 is 11.8 Å². The van der Waals surface area contributed by atoms with Gasteiger partial charge < -0.3 is 10.6 Å². The van der Waals surface area contributed by atoms with Crippen LogP contribution in [-0.2, 0) is 10.0 Å². The Hall–Kier alpha value is -2.62. The number of hydrogen-bond acceptors (Lipinski definition) is 7. The second-order valence-corrected chi connectivity index (χ2v) is 8.21. The Morgan fingerprint density at radius 3 is 2.30 bits per heavy atom. The lowest BCUT2D eigenvalue weighted by molar-refractivity contribution is 0.588. The van der Waals surface area contributed by atoms with Crippen LogP contribution in [0.2, 0.25) is 0 Å². The van der Waals surface area contributed by atoms with Crippen molar-refractivity contribution in [1.82, 2.24) is 14.7 Å². The van der Waals surface area contributed by atoms with E-state index in [-0.39, 0.29) is 4.90 Å². The van der Waals surface area contributed by atoms with Gasteiger partial charge in [-0.25, -0.2) is 23.1 Å². The van der Waals surface area contributed by atoms with Gasteiger partial charge in [0, 0.05) is 16.6 Å². The minimum absolute atomic E-state index is 0.182. The zero-order valence-corrected chi connectivity index (χ0v) is 16.4. The van der Waals surface area contributed by atoms with Crippen molar-refractivity contribution >= 4 is 44.8 Å². The van der Waals surface area contributed by atoms with E-state index in [0.29, 0.717) is 17.3 Å². The summed E-state index contributed by atoms with van der Waals surface area (Å²) in [5.41, 5.74) is 1.57. The number of para-hydroxylation sites is 1. The number of nitrogens with zero attached hydrogens (tertiary/aromatic N) is 2. The molecule has 0 fully saturated rings. The Morgan fingerprint density at radius 1 is 0.926 bits per heavy atom. The molecule has 3 aromatic rings. The maximum Gasteiger partial charge on any atom is 0.240 e. The highest BCUT2D eigenvalue weighted by Crippen LogP contribution is 2.30. The monoisotopic (exact) mass is 401 g/mol. The highest BCUT2D eigenvalue weighted by molar-refractivity contribution is 7.98. The number of nitrogens with one attached hydrogen (secondary N) is 3. The smallest absolute Gasteiger partial charge is 0.240 e. The van der Waals surface area contributed by atoms with E-state index < -0.39 is 10.0 Å². The predicted octanol–water partition coefficient (Wildman–Crippen LogP) is 3.59. The molecule has 0 spiro atoms. The van der Waals surface area contributed by atoms with Gasteiger partial charge in [-0.2, -0.15) is 0 Å². The van der Waals surface area contributed by atoms with Crippen molar-refractivity contribution in [1.29, 1.82) is 0 Å². The van der Waals surface area contributed by atoms with Crippen LogP contribution in [0, 0.1) is 0 Å². The Morgan fingerprint density at radius 2 is 1.63 bits per heavy atom. The van der Waals surface area contributed by atoms with Crippen LogP contribution in [0.1, 0.15) is 0 Å². The fraction of sp³-hybridized carbons (Fsp3) is 0.111. The van der Waals surface area contributed by atoms with E-state index in [2.05, 4.69) is 25.3 Å². The summed E-state index contributed by atoms with van der Waals surface area (Å²) >= 11 is 1.51. The van der Waals surface area contributed by atoms with Crippen molar-refractivity contribution in [3.8, 4) is 0 Å². The van der Waals surface area contributed by atoms with Crippen molar-refractivity contribution in [3.63, 3.8) is 0 Å². The number of sulfonamides is 1. The van der Waals surface area contributed by atoms with Crippen molar-refractivity contribution in [2.45, 2.75) is 9.79 Å². The summed E-state index contributed by atoms with van der Waals surface area (Å²) < 4.78 is 26.5. The summed E-state index contributed by atoms with van der Waals surface area (Å²) in [6, 6.07) is 16.4. The molecule has 0 saturated carbocycles. The molecule has 0 aliphatic rings. The summed E-state index contributed by atoms with van der Waals surface area (Å²) in [5, 5.41) is 6.38. The number of hydrogen-bond donors (Lipinski definition) is 3.